The lowest BCUT2D eigenvalue weighted by atomic mass is 9.55. The smallest absolute Gasteiger partial charge is 0.220 e. The molecule has 5 heteroatoms. The normalized spacial score (nSPS) is 37.1. The number of nitrogens with one attached hydrogen (secondary N) is 1. The lowest BCUT2D eigenvalue weighted by Crippen LogP contribution is -2.44. The van der Waals surface area contributed by atoms with Crippen LogP contribution in [-0.4, -0.2) is 23.7 Å². The van der Waals surface area contributed by atoms with Gasteiger partial charge in [-0.05, 0) is 96.6 Å². The topological polar surface area (TPSA) is 78.8 Å². The predicted molar refractivity (Wildman–Crippen MR) is 105 cm³/mol. The maximum atomic E-state index is 12.1. The molecule has 2 N–H and O–H groups in total. The van der Waals surface area contributed by atoms with Gasteiger partial charge in [0.05, 0.1) is 6.10 Å². The monoisotopic (exact) mass is 370 g/mol. The molecule has 27 heavy (non-hydrogen) atoms. The highest BCUT2D eigenvalue weighted by atomic mass is 16.3. The van der Waals surface area contributed by atoms with Crippen LogP contribution < -0.4 is 5.32 Å². The molecule has 1 amide bonds. The quantitative estimate of drug-likeness (QED) is 0.785. The molecule has 0 aliphatic heterocycles. The van der Waals surface area contributed by atoms with Gasteiger partial charge in [0, 0.05) is 13.0 Å². The zero-order valence-corrected chi connectivity index (χ0v) is 16.3. The van der Waals surface area contributed by atoms with Gasteiger partial charge in [0.1, 0.15) is 5.69 Å². The zero-order valence-electron chi connectivity index (χ0n) is 16.3. The molecule has 2 fully saturated rings. The number of aliphatic hydroxyl groups is 1. The summed E-state index contributed by atoms with van der Waals surface area (Å²) in [6, 6.07) is 5.89. The maximum Gasteiger partial charge on any atom is 0.220 e. The second-order valence-corrected chi connectivity index (χ2v) is 9.03. The Kier molecular flexibility index (Phi) is 4.83. The fourth-order valence-corrected chi connectivity index (χ4v) is 6.48. The summed E-state index contributed by atoms with van der Waals surface area (Å²) < 4.78 is 0. The summed E-state index contributed by atoms with van der Waals surface area (Å²) in [5.41, 5.74) is 3.09. The van der Waals surface area contributed by atoms with Gasteiger partial charge >= 0.3 is 0 Å². The predicted octanol–water partition coefficient (Wildman–Crippen LogP) is 4.05. The van der Waals surface area contributed by atoms with Gasteiger partial charge in [0.2, 0.25) is 5.91 Å². The number of rotatable bonds is 4. The van der Waals surface area contributed by atoms with E-state index >= 15 is 0 Å². The Morgan fingerprint density at radius 3 is 2.93 bits per heavy atom. The van der Waals surface area contributed by atoms with Gasteiger partial charge < -0.3 is 10.4 Å². The van der Waals surface area contributed by atoms with Crippen molar-refractivity contribution in [3.8, 4) is 0 Å². The second-order valence-electron chi connectivity index (χ2n) is 9.03. The average Bonchev–Trinajstić information content (AvgIpc) is 2.92. The number of carbonyl (C=O) groups excluding carboxylic acids is 1. The summed E-state index contributed by atoms with van der Waals surface area (Å²) in [6.07, 6.45) is 5.13. The van der Waals surface area contributed by atoms with Gasteiger partial charge in [-0.3, -0.25) is 4.79 Å². The zero-order chi connectivity index (χ0) is 19.2. The number of fused-ring (bicyclic) bond motifs is 5. The van der Waals surface area contributed by atoms with Crippen molar-refractivity contribution < 1.29 is 9.90 Å². The molecule has 0 aromatic heterocycles. The Balaban J connectivity index is 1.58. The number of hydrogen-bond acceptors (Lipinski definition) is 4. The van der Waals surface area contributed by atoms with E-state index in [9.17, 15) is 14.8 Å². The van der Waals surface area contributed by atoms with Crippen LogP contribution in [0.4, 0.5) is 5.69 Å². The first-order chi connectivity index (χ1) is 13.0. The number of nitrogens with zero attached hydrogens (tertiary/aromatic N) is 1. The van der Waals surface area contributed by atoms with Gasteiger partial charge in [-0.2, -0.15) is 0 Å². The largest absolute Gasteiger partial charge is 0.392 e. The van der Waals surface area contributed by atoms with Gasteiger partial charge in [0.25, 0.3) is 0 Å². The molecule has 0 spiro atoms. The van der Waals surface area contributed by atoms with Crippen LogP contribution in [0.15, 0.2) is 23.4 Å². The van der Waals surface area contributed by atoms with Gasteiger partial charge in [-0.15, -0.1) is 4.91 Å². The fourth-order valence-electron chi connectivity index (χ4n) is 6.48. The van der Waals surface area contributed by atoms with Crippen LogP contribution in [0.2, 0.25) is 0 Å². The van der Waals surface area contributed by atoms with E-state index in [1.165, 1.54) is 11.1 Å². The molecule has 6 atom stereocenters. The van der Waals surface area contributed by atoms with E-state index < -0.39 is 6.10 Å². The second kappa shape index (κ2) is 7.01. The van der Waals surface area contributed by atoms with Crippen molar-refractivity contribution in [2.45, 2.75) is 64.4 Å². The molecule has 3 aliphatic carbocycles. The lowest BCUT2D eigenvalue weighted by molar-refractivity contribution is -0.123. The summed E-state index contributed by atoms with van der Waals surface area (Å²) in [5.74, 6) is 1.64. The van der Waals surface area contributed by atoms with E-state index in [4.69, 9.17) is 0 Å². The fraction of sp³-hybridized carbons (Fsp3) is 0.682. The van der Waals surface area contributed by atoms with Crippen molar-refractivity contribution in [3.63, 3.8) is 0 Å². The SMILES string of the molecule is CCNC(=O)CC1CC2C3CCc4cc(N=O)ccc4C3CC[C@]2(C)[C@H]1O. The van der Waals surface area contributed by atoms with Crippen LogP contribution in [0.5, 0.6) is 0 Å². The number of amides is 1. The van der Waals surface area contributed by atoms with Crippen LogP contribution in [-0.2, 0) is 11.2 Å². The number of carbonyl (C=O) groups is 1. The Morgan fingerprint density at radius 2 is 2.19 bits per heavy atom. The van der Waals surface area contributed by atoms with E-state index in [-0.39, 0.29) is 17.2 Å². The molecule has 0 saturated heterocycles. The van der Waals surface area contributed by atoms with Gasteiger partial charge in [-0.1, -0.05) is 13.0 Å². The summed E-state index contributed by atoms with van der Waals surface area (Å²) in [5, 5.41) is 17.1. The first-order valence-electron chi connectivity index (χ1n) is 10.4. The molecule has 4 rings (SSSR count). The van der Waals surface area contributed by atoms with Crippen molar-refractivity contribution in [2.75, 3.05) is 6.54 Å². The van der Waals surface area contributed by atoms with Crippen LogP contribution >= 0.6 is 0 Å². The van der Waals surface area contributed by atoms with Gasteiger partial charge in [0.15, 0.2) is 0 Å². The molecular weight excluding hydrogens is 340 g/mol. The molecule has 1 aromatic carbocycles. The van der Waals surface area contributed by atoms with Crippen LogP contribution in [0.25, 0.3) is 0 Å². The van der Waals surface area contributed by atoms with Crippen LogP contribution in [0, 0.1) is 28.1 Å². The minimum atomic E-state index is -0.394. The summed E-state index contributed by atoms with van der Waals surface area (Å²) in [7, 11) is 0. The third kappa shape index (κ3) is 3.00. The number of hydrogen-bond donors (Lipinski definition) is 2. The molecule has 0 bridgehead atoms. The Labute approximate surface area is 160 Å². The molecule has 146 valence electrons. The average molecular weight is 370 g/mol. The van der Waals surface area contributed by atoms with E-state index in [1.54, 1.807) is 0 Å². The first-order valence-corrected chi connectivity index (χ1v) is 10.4. The summed E-state index contributed by atoms with van der Waals surface area (Å²) in [6.45, 7) is 4.81. The molecule has 5 nitrogen and oxygen atoms in total. The highest BCUT2D eigenvalue weighted by Crippen LogP contribution is 2.62. The molecular formula is C22H30N2O3. The molecule has 4 unspecified atom stereocenters. The lowest BCUT2D eigenvalue weighted by Gasteiger charge is -2.50. The first kappa shape index (κ1) is 18.6. The maximum absolute atomic E-state index is 12.1. The van der Waals surface area contributed by atoms with E-state index in [1.807, 2.05) is 19.1 Å². The van der Waals surface area contributed by atoms with Crippen molar-refractivity contribution in [3.05, 3.63) is 34.2 Å². The number of aliphatic hydroxyl groups excluding tert-OH is 1. The van der Waals surface area contributed by atoms with Crippen molar-refractivity contribution in [1.29, 1.82) is 0 Å². The summed E-state index contributed by atoms with van der Waals surface area (Å²) >= 11 is 0. The van der Waals surface area contributed by atoms with E-state index in [2.05, 4.69) is 23.5 Å². The number of benzene rings is 1. The third-order valence-electron chi connectivity index (χ3n) is 7.75. The minimum Gasteiger partial charge on any atom is -0.392 e. The highest BCUT2D eigenvalue weighted by molar-refractivity contribution is 5.76. The number of nitroso groups, excluding NO2 is 1. The Morgan fingerprint density at radius 1 is 1.37 bits per heavy atom. The molecule has 2 saturated carbocycles. The highest BCUT2D eigenvalue weighted by Gasteiger charge is 2.57. The van der Waals surface area contributed by atoms with Crippen LogP contribution in [0.3, 0.4) is 0 Å². The van der Waals surface area contributed by atoms with Crippen molar-refractivity contribution in [2.24, 2.45) is 28.3 Å². The van der Waals surface area contributed by atoms with E-state index in [0.717, 1.165) is 32.1 Å². The summed E-state index contributed by atoms with van der Waals surface area (Å²) in [4.78, 5) is 23.0. The Hall–Kier alpha value is -1.75. The number of aryl methyl sites for hydroxylation is 1. The molecule has 3 aliphatic rings. The van der Waals surface area contributed by atoms with Gasteiger partial charge in [-0.25, -0.2) is 0 Å². The third-order valence-corrected chi connectivity index (χ3v) is 7.75. The van der Waals surface area contributed by atoms with Crippen molar-refractivity contribution >= 4 is 11.6 Å². The van der Waals surface area contributed by atoms with E-state index in [0.29, 0.717) is 36.4 Å². The van der Waals surface area contributed by atoms with Crippen molar-refractivity contribution in [1.82, 2.24) is 5.32 Å². The molecule has 0 heterocycles. The molecule has 0 radical (unpaired) electrons. The standard InChI is InChI=1S/C22H30N2O3/c1-3-23-20(25)12-14-11-19-18-6-4-13-10-15(24-27)5-7-16(13)17(18)8-9-22(19,2)21(14)26/h5,7,10,14,17-19,21,26H,3-4,6,8-9,11-12H2,1-2H3,(H,23,25)/t14?,17?,18?,19?,21-,22-/m0/s1. The molecule has 1 aromatic rings. The van der Waals surface area contributed by atoms with Crippen LogP contribution in [0.1, 0.15) is 63.0 Å². The minimum absolute atomic E-state index is 0.0585. The Bertz CT molecular complexity index is 749.